The molecule has 21 heavy (non-hydrogen) atoms. The van der Waals surface area contributed by atoms with Gasteiger partial charge >= 0.3 is 0 Å². The Morgan fingerprint density at radius 1 is 1.19 bits per heavy atom. The summed E-state index contributed by atoms with van der Waals surface area (Å²) in [6.07, 6.45) is 0.0587. The number of para-hydroxylation sites is 1. The van der Waals surface area contributed by atoms with Gasteiger partial charge in [-0.1, -0.05) is 29.5 Å². The van der Waals surface area contributed by atoms with Crippen LogP contribution in [0.1, 0.15) is 19.7 Å². The smallest absolute Gasteiger partial charge is 0.237 e. The molecule has 0 radical (unpaired) electrons. The molecular formula is C15H15N3OS2. The maximum atomic E-state index is 5.81. The number of hydrogen-bond acceptors (Lipinski definition) is 5. The summed E-state index contributed by atoms with van der Waals surface area (Å²) in [6.45, 7) is 5.83. The third-order valence-corrected chi connectivity index (χ3v) is 4.22. The zero-order valence-corrected chi connectivity index (χ0v) is 13.7. The van der Waals surface area contributed by atoms with Crippen LogP contribution in [-0.4, -0.2) is 20.6 Å². The summed E-state index contributed by atoms with van der Waals surface area (Å²) >= 11 is 6.99. The van der Waals surface area contributed by atoms with Crippen molar-refractivity contribution in [3.63, 3.8) is 0 Å². The van der Waals surface area contributed by atoms with Gasteiger partial charge in [0.05, 0.1) is 6.10 Å². The van der Waals surface area contributed by atoms with Crippen LogP contribution in [0, 0.1) is 10.9 Å². The van der Waals surface area contributed by atoms with E-state index >= 15 is 0 Å². The maximum Gasteiger partial charge on any atom is 0.237 e. The van der Waals surface area contributed by atoms with Crippen molar-refractivity contribution in [3.05, 3.63) is 40.1 Å². The Morgan fingerprint density at radius 3 is 2.57 bits per heavy atom. The Labute approximate surface area is 132 Å². The first-order valence-corrected chi connectivity index (χ1v) is 7.91. The lowest BCUT2D eigenvalue weighted by molar-refractivity contribution is 0.235. The number of benzene rings is 1. The number of rotatable bonds is 3. The summed E-state index contributed by atoms with van der Waals surface area (Å²) in [5.74, 6) is 1.29. The molecule has 3 rings (SSSR count). The van der Waals surface area contributed by atoms with Gasteiger partial charge in [0, 0.05) is 5.69 Å². The molecule has 0 N–H and O–H groups in total. The van der Waals surface area contributed by atoms with Crippen LogP contribution < -0.4 is 4.74 Å². The highest BCUT2D eigenvalue weighted by atomic mass is 32.1. The molecule has 4 nitrogen and oxygen atoms in total. The lowest BCUT2D eigenvalue weighted by Gasteiger charge is -2.10. The third-order valence-electron chi connectivity index (χ3n) is 2.87. The topological polar surface area (TPSA) is 39.9 Å². The first-order chi connectivity index (χ1) is 10.1. The molecule has 6 heteroatoms. The van der Waals surface area contributed by atoms with Crippen molar-refractivity contribution in [3.8, 4) is 11.6 Å². The average Bonchev–Trinajstić information content (AvgIpc) is 2.75. The number of hydrogen-bond donors (Lipinski definition) is 0. The van der Waals surface area contributed by atoms with Crippen LogP contribution in [0.3, 0.4) is 0 Å². The highest BCUT2D eigenvalue weighted by Crippen LogP contribution is 2.32. The van der Waals surface area contributed by atoms with Crippen LogP contribution in [0.4, 0.5) is 0 Å². The zero-order chi connectivity index (χ0) is 15.0. The van der Waals surface area contributed by atoms with E-state index in [2.05, 4.69) is 9.97 Å². The molecule has 0 unspecified atom stereocenters. The van der Waals surface area contributed by atoms with Crippen LogP contribution in [0.25, 0.3) is 16.0 Å². The van der Waals surface area contributed by atoms with Crippen molar-refractivity contribution in [2.75, 3.05) is 0 Å². The third kappa shape index (κ3) is 2.69. The lowest BCUT2D eigenvalue weighted by Crippen LogP contribution is -2.08. The van der Waals surface area contributed by atoms with Crippen LogP contribution >= 0.6 is 23.6 Å². The van der Waals surface area contributed by atoms with Gasteiger partial charge in [0.2, 0.25) is 5.88 Å². The summed E-state index contributed by atoms with van der Waals surface area (Å²) in [5.41, 5.74) is 1.81. The number of ether oxygens (including phenoxy) is 1. The molecule has 0 aliphatic rings. The van der Waals surface area contributed by atoms with Crippen molar-refractivity contribution in [1.82, 2.24) is 14.5 Å². The molecular weight excluding hydrogens is 302 g/mol. The molecule has 0 spiro atoms. The van der Waals surface area contributed by atoms with E-state index in [1.165, 1.54) is 11.3 Å². The second-order valence-corrected chi connectivity index (χ2v) is 6.58. The molecule has 0 aliphatic heterocycles. The summed E-state index contributed by atoms with van der Waals surface area (Å²) in [5, 5.41) is 0. The minimum Gasteiger partial charge on any atom is -0.474 e. The van der Waals surface area contributed by atoms with Crippen LogP contribution in [0.5, 0.6) is 5.88 Å². The molecule has 0 fully saturated rings. The van der Waals surface area contributed by atoms with E-state index in [4.69, 9.17) is 17.0 Å². The summed E-state index contributed by atoms with van der Waals surface area (Å²) in [7, 11) is 0. The molecule has 0 aliphatic carbocycles. The summed E-state index contributed by atoms with van der Waals surface area (Å²) < 4.78 is 9.41. The van der Waals surface area contributed by atoms with Gasteiger partial charge in [-0.25, -0.2) is 4.98 Å². The Morgan fingerprint density at radius 2 is 1.90 bits per heavy atom. The molecule has 2 heterocycles. The molecule has 2 aromatic heterocycles. The SMILES string of the molecule is Cc1nc(OC(C)C)c2sc(=S)n(-c3ccccc3)c2n1. The monoisotopic (exact) mass is 317 g/mol. The molecule has 0 saturated heterocycles. The van der Waals surface area contributed by atoms with Crippen LogP contribution in [-0.2, 0) is 0 Å². The van der Waals surface area contributed by atoms with Crippen molar-refractivity contribution in [1.29, 1.82) is 0 Å². The second kappa shape index (κ2) is 5.54. The van der Waals surface area contributed by atoms with Gasteiger partial charge in [0.15, 0.2) is 9.60 Å². The Balaban J connectivity index is 2.30. The van der Waals surface area contributed by atoms with Crippen LogP contribution in [0.2, 0.25) is 0 Å². The van der Waals surface area contributed by atoms with E-state index < -0.39 is 0 Å². The number of aromatic nitrogens is 3. The van der Waals surface area contributed by atoms with E-state index in [-0.39, 0.29) is 6.10 Å². The second-order valence-electron chi connectivity index (χ2n) is 4.93. The van der Waals surface area contributed by atoms with E-state index in [1.807, 2.05) is 55.7 Å². The Bertz CT molecular complexity index is 837. The van der Waals surface area contributed by atoms with Gasteiger partial charge in [0.1, 0.15) is 10.5 Å². The quantitative estimate of drug-likeness (QED) is 0.675. The Kier molecular flexibility index (Phi) is 3.73. The fourth-order valence-electron chi connectivity index (χ4n) is 2.09. The van der Waals surface area contributed by atoms with Crippen molar-refractivity contribution < 1.29 is 4.74 Å². The van der Waals surface area contributed by atoms with E-state index in [1.54, 1.807) is 0 Å². The first-order valence-electron chi connectivity index (χ1n) is 6.68. The molecule has 0 saturated carbocycles. The van der Waals surface area contributed by atoms with Gasteiger partial charge in [-0.05, 0) is 45.1 Å². The largest absolute Gasteiger partial charge is 0.474 e. The average molecular weight is 317 g/mol. The molecule has 0 bridgehead atoms. The lowest BCUT2D eigenvalue weighted by atomic mass is 10.3. The predicted molar refractivity (Wildman–Crippen MR) is 88.1 cm³/mol. The predicted octanol–water partition coefficient (Wildman–Crippen LogP) is 4.31. The summed E-state index contributed by atoms with van der Waals surface area (Å²) in [4.78, 5) is 8.96. The van der Waals surface area contributed by atoms with Crippen LogP contribution in [0.15, 0.2) is 30.3 Å². The zero-order valence-electron chi connectivity index (χ0n) is 12.0. The fourth-order valence-corrected chi connectivity index (χ4v) is 3.40. The van der Waals surface area contributed by atoms with E-state index in [9.17, 15) is 0 Å². The molecule has 108 valence electrons. The van der Waals surface area contributed by atoms with E-state index in [0.717, 1.165) is 20.0 Å². The normalized spacial score (nSPS) is 11.2. The van der Waals surface area contributed by atoms with Gasteiger partial charge in [-0.2, -0.15) is 4.98 Å². The first kappa shape index (κ1) is 14.2. The molecule has 3 aromatic rings. The minimum absolute atomic E-state index is 0.0587. The van der Waals surface area contributed by atoms with Crippen molar-refractivity contribution >= 4 is 33.9 Å². The van der Waals surface area contributed by atoms with Gasteiger partial charge in [0.25, 0.3) is 0 Å². The number of aryl methyl sites for hydroxylation is 1. The van der Waals surface area contributed by atoms with Crippen molar-refractivity contribution in [2.24, 2.45) is 0 Å². The number of nitrogens with zero attached hydrogens (tertiary/aromatic N) is 3. The highest BCUT2D eigenvalue weighted by Gasteiger charge is 2.16. The van der Waals surface area contributed by atoms with Gasteiger partial charge in [-0.3, -0.25) is 4.57 Å². The molecule has 0 amide bonds. The summed E-state index contributed by atoms with van der Waals surface area (Å²) in [6, 6.07) is 9.99. The van der Waals surface area contributed by atoms with E-state index in [0.29, 0.717) is 11.7 Å². The number of fused-ring (bicyclic) bond motifs is 1. The maximum absolute atomic E-state index is 5.81. The fraction of sp³-hybridized carbons (Fsp3) is 0.267. The van der Waals surface area contributed by atoms with Gasteiger partial charge < -0.3 is 4.74 Å². The van der Waals surface area contributed by atoms with Gasteiger partial charge in [-0.15, -0.1) is 0 Å². The molecule has 0 atom stereocenters. The Hall–Kier alpha value is -1.79. The highest BCUT2D eigenvalue weighted by molar-refractivity contribution is 7.73. The van der Waals surface area contributed by atoms with Crippen molar-refractivity contribution in [2.45, 2.75) is 26.9 Å². The standard InChI is InChI=1S/C15H15N3OS2/c1-9(2)19-14-12-13(16-10(3)17-14)18(15(20)21-12)11-7-5-4-6-8-11/h4-9H,1-3H3. The minimum atomic E-state index is 0.0587. The molecule has 1 aromatic carbocycles. The number of thiazole rings is 1.